The Morgan fingerprint density at radius 2 is 0.650 bits per heavy atom. The molecule has 7 aromatic rings. The predicted octanol–water partition coefficient (Wildman–Crippen LogP) is 18.8. The fourth-order valence-electron chi connectivity index (χ4n) is 10.4. The van der Waals surface area contributed by atoms with Crippen LogP contribution in [-0.4, -0.2) is 0 Å². The highest BCUT2D eigenvalue weighted by atomic mass is 14.3. The van der Waals surface area contributed by atoms with Gasteiger partial charge in [-0.25, -0.2) is 0 Å². The zero-order valence-electron chi connectivity index (χ0n) is 37.8. The molecule has 0 N–H and O–H groups in total. The van der Waals surface area contributed by atoms with Gasteiger partial charge in [-0.2, -0.15) is 0 Å². The van der Waals surface area contributed by atoms with Gasteiger partial charge in [-0.05, 0) is 150 Å². The van der Waals surface area contributed by atoms with Gasteiger partial charge in [0.2, 0.25) is 0 Å². The molecule has 0 heteroatoms. The zero-order valence-corrected chi connectivity index (χ0v) is 37.8. The van der Waals surface area contributed by atoms with Crippen LogP contribution in [0.5, 0.6) is 0 Å². The smallest absolute Gasteiger partial charge is 0.00201 e. The third-order valence-corrected chi connectivity index (χ3v) is 13.5. The van der Waals surface area contributed by atoms with Crippen molar-refractivity contribution in [2.24, 2.45) is 0 Å². The highest BCUT2D eigenvalue weighted by Crippen LogP contribution is 2.47. The number of fused-ring (bicyclic) bond motifs is 2. The summed E-state index contributed by atoms with van der Waals surface area (Å²) in [5.41, 5.74) is 14.3. The molecule has 0 aliphatic heterocycles. The molecule has 0 aliphatic carbocycles. The van der Waals surface area contributed by atoms with Crippen LogP contribution in [0, 0.1) is 0 Å². The topological polar surface area (TPSA) is 0 Å². The molecule has 7 rings (SSSR count). The van der Waals surface area contributed by atoms with Gasteiger partial charge in [-0.15, -0.1) is 0 Å². The van der Waals surface area contributed by atoms with E-state index in [9.17, 15) is 0 Å². The number of hydrogen-bond acceptors (Lipinski definition) is 0. The van der Waals surface area contributed by atoms with Crippen LogP contribution >= 0.6 is 0 Å². The van der Waals surface area contributed by atoms with Crippen molar-refractivity contribution in [3.05, 3.63) is 131 Å². The molecule has 7 aromatic carbocycles. The maximum atomic E-state index is 4.24. The van der Waals surface area contributed by atoms with Crippen LogP contribution in [-0.2, 0) is 25.7 Å². The molecule has 0 unspecified atom stereocenters. The third-order valence-electron chi connectivity index (χ3n) is 13.5. The van der Waals surface area contributed by atoms with Gasteiger partial charge in [-0.1, -0.05) is 215 Å². The van der Waals surface area contributed by atoms with Crippen molar-refractivity contribution in [3.8, 4) is 22.3 Å². The average Bonchev–Trinajstić information content (AvgIpc) is 3.28. The third kappa shape index (κ3) is 9.29. The molecule has 312 valence electrons. The maximum Gasteiger partial charge on any atom is -0.00201 e. The second-order valence-electron chi connectivity index (χ2n) is 17.9. The summed E-state index contributed by atoms with van der Waals surface area (Å²) in [6.07, 6.45) is 28.9. The van der Waals surface area contributed by atoms with Crippen LogP contribution in [0.25, 0.3) is 77.5 Å². The van der Waals surface area contributed by atoms with E-state index in [-0.39, 0.29) is 0 Å². The minimum atomic E-state index is 1.11. The summed E-state index contributed by atoms with van der Waals surface area (Å²) in [4.78, 5) is 0. The molecule has 0 radical (unpaired) electrons. The Morgan fingerprint density at radius 3 is 0.950 bits per heavy atom. The van der Waals surface area contributed by atoms with Crippen LogP contribution in [0.1, 0.15) is 164 Å². The molecule has 60 heavy (non-hydrogen) atoms. The van der Waals surface area contributed by atoms with Crippen LogP contribution in [0.3, 0.4) is 0 Å². The largest absolute Gasteiger partial charge is 0.0985 e. The molecule has 0 amide bonds. The molecule has 0 aromatic heterocycles. The van der Waals surface area contributed by atoms with Crippen LogP contribution in [0.15, 0.2) is 98.1 Å². The van der Waals surface area contributed by atoms with E-state index in [1.54, 1.807) is 0 Å². The Labute approximate surface area is 363 Å². The molecule has 0 saturated heterocycles. The van der Waals surface area contributed by atoms with Crippen molar-refractivity contribution in [2.45, 2.75) is 156 Å². The van der Waals surface area contributed by atoms with Gasteiger partial charge in [0.05, 0.1) is 0 Å². The summed E-state index contributed by atoms with van der Waals surface area (Å²) in [5, 5.41) is 11.1. The Balaban J connectivity index is 1.44. The SMILES string of the molecule is C=Cc1cc(CCCCCC)c(-c2ccc3c4ccc(-c5c(CCCCCC)cc(C=C)cc5CCCCCC)c5cccc(c6cccc2c63)c54)c(CCCCCC)c1. The van der Waals surface area contributed by atoms with Gasteiger partial charge in [-0.3, -0.25) is 0 Å². The minimum Gasteiger partial charge on any atom is -0.0985 e. The first-order valence-electron chi connectivity index (χ1n) is 24.3. The van der Waals surface area contributed by atoms with E-state index in [4.69, 9.17) is 0 Å². The van der Waals surface area contributed by atoms with E-state index in [0.29, 0.717) is 0 Å². The summed E-state index contributed by atoms with van der Waals surface area (Å²) in [5.74, 6) is 0. The molecule has 0 atom stereocenters. The summed E-state index contributed by atoms with van der Waals surface area (Å²) in [6, 6.07) is 34.0. The second kappa shape index (κ2) is 21.2. The van der Waals surface area contributed by atoms with Gasteiger partial charge >= 0.3 is 0 Å². The van der Waals surface area contributed by atoms with Crippen LogP contribution < -0.4 is 0 Å². The molecular weight excluding hydrogens is 721 g/mol. The number of hydrogen-bond donors (Lipinski definition) is 0. The Hall–Kier alpha value is -4.68. The van der Waals surface area contributed by atoms with Crippen molar-refractivity contribution >= 4 is 55.2 Å². The van der Waals surface area contributed by atoms with Crippen molar-refractivity contribution in [1.29, 1.82) is 0 Å². The summed E-state index contributed by atoms with van der Waals surface area (Å²) >= 11 is 0. The summed E-state index contributed by atoms with van der Waals surface area (Å²) in [7, 11) is 0. The Bertz CT molecular complexity index is 2260. The molecule has 0 bridgehead atoms. The predicted molar refractivity (Wildman–Crippen MR) is 270 cm³/mol. The second-order valence-corrected chi connectivity index (χ2v) is 17.9. The molecule has 0 fully saturated rings. The molecule has 0 aliphatic rings. The van der Waals surface area contributed by atoms with Crippen LogP contribution in [0.4, 0.5) is 0 Å². The lowest BCUT2D eigenvalue weighted by Gasteiger charge is -2.23. The number of unbranched alkanes of at least 4 members (excludes halogenated alkanes) is 12. The Kier molecular flexibility index (Phi) is 15.3. The lowest BCUT2D eigenvalue weighted by atomic mass is 9.81. The normalized spacial score (nSPS) is 11.8. The number of aryl methyl sites for hydroxylation is 4. The van der Waals surface area contributed by atoms with Gasteiger partial charge in [0, 0.05) is 0 Å². The van der Waals surface area contributed by atoms with Crippen molar-refractivity contribution in [1.82, 2.24) is 0 Å². The minimum absolute atomic E-state index is 1.11. The Morgan fingerprint density at radius 1 is 0.350 bits per heavy atom. The van der Waals surface area contributed by atoms with Crippen molar-refractivity contribution < 1.29 is 0 Å². The van der Waals surface area contributed by atoms with Crippen molar-refractivity contribution in [2.75, 3.05) is 0 Å². The van der Waals surface area contributed by atoms with E-state index in [0.717, 1.165) is 25.7 Å². The van der Waals surface area contributed by atoms with E-state index >= 15 is 0 Å². The fourth-order valence-corrected chi connectivity index (χ4v) is 10.4. The van der Waals surface area contributed by atoms with E-state index < -0.39 is 0 Å². The first kappa shape index (κ1) is 43.4. The molecule has 0 heterocycles. The molecule has 0 nitrogen and oxygen atoms in total. The highest BCUT2D eigenvalue weighted by Gasteiger charge is 2.22. The summed E-state index contributed by atoms with van der Waals surface area (Å²) < 4.78 is 0. The first-order chi connectivity index (χ1) is 29.6. The lowest BCUT2D eigenvalue weighted by Crippen LogP contribution is -2.01. The van der Waals surface area contributed by atoms with Crippen LogP contribution in [0.2, 0.25) is 0 Å². The van der Waals surface area contributed by atoms with Gasteiger partial charge in [0.15, 0.2) is 0 Å². The lowest BCUT2D eigenvalue weighted by molar-refractivity contribution is 0.662. The average molecular weight is 793 g/mol. The standard InChI is InChI=1S/C60H72/c1-7-13-17-21-27-45-39-43(11-5)40-46(28-22-18-14-8-2)57(45)53-35-37-55-56-38-36-54(52-34-26-32-50(60(52)56)49-31-25-33-51(53)59(49)55)58-47(29-23-19-15-9-3)41-44(12-6)42-48(58)30-24-20-16-10-4/h11-12,25-26,31-42H,5-10,13-24,27-30H2,1-4H3. The first-order valence-corrected chi connectivity index (χ1v) is 24.3. The van der Waals surface area contributed by atoms with Gasteiger partial charge in [0.25, 0.3) is 0 Å². The number of benzene rings is 7. The van der Waals surface area contributed by atoms with E-state index in [1.807, 2.05) is 0 Å². The van der Waals surface area contributed by atoms with Gasteiger partial charge < -0.3 is 0 Å². The molecule has 0 saturated carbocycles. The molecular formula is C60H72. The number of rotatable bonds is 24. The maximum absolute atomic E-state index is 4.24. The van der Waals surface area contributed by atoms with Crippen molar-refractivity contribution in [3.63, 3.8) is 0 Å². The fraction of sp³-hybridized carbons (Fsp3) is 0.400. The van der Waals surface area contributed by atoms with E-state index in [1.165, 1.54) is 201 Å². The zero-order chi connectivity index (χ0) is 41.8. The monoisotopic (exact) mass is 793 g/mol. The van der Waals surface area contributed by atoms with E-state index in [2.05, 4.69) is 138 Å². The van der Waals surface area contributed by atoms with Gasteiger partial charge in [0.1, 0.15) is 0 Å². The highest BCUT2D eigenvalue weighted by molar-refractivity contribution is 6.35. The summed E-state index contributed by atoms with van der Waals surface area (Å²) in [6.45, 7) is 17.7. The molecule has 0 spiro atoms. The quantitative estimate of drug-likeness (QED) is 0.0325.